The second-order valence-corrected chi connectivity index (χ2v) is 13.6. The molecule has 0 aromatic rings. The van der Waals surface area contributed by atoms with Gasteiger partial charge >= 0.3 is 0 Å². The highest BCUT2D eigenvalue weighted by Gasteiger charge is 2.48. The molecule has 2 aliphatic carbocycles. The Morgan fingerprint density at radius 1 is 1.20 bits per heavy atom. The van der Waals surface area contributed by atoms with Crippen LogP contribution in [0.15, 0.2) is 0 Å². The van der Waals surface area contributed by atoms with Crippen molar-refractivity contribution in [2.45, 2.75) is 90.5 Å². The van der Waals surface area contributed by atoms with Gasteiger partial charge in [-0.1, -0.05) is 27.7 Å². The summed E-state index contributed by atoms with van der Waals surface area (Å²) < 4.78 is 6.54. The van der Waals surface area contributed by atoms with Crippen molar-refractivity contribution in [3.8, 4) is 0 Å². The smallest absolute Gasteiger partial charge is 0.192 e. The highest BCUT2D eigenvalue weighted by Crippen LogP contribution is 2.50. The van der Waals surface area contributed by atoms with Crippen molar-refractivity contribution in [2.24, 2.45) is 11.3 Å². The standard InChI is InChI=1S/C17H32O2Si/c1-13-11-15(18)17(12-13)9-7-14(8-10-17)19-20(5,6)16(2,3)4/h13-14H,7-12H2,1-6H3. The Hall–Kier alpha value is -0.153. The van der Waals surface area contributed by atoms with E-state index >= 15 is 0 Å². The van der Waals surface area contributed by atoms with Crippen LogP contribution in [0.4, 0.5) is 0 Å². The predicted octanol–water partition coefficient (Wildman–Crippen LogP) is 4.94. The lowest BCUT2D eigenvalue weighted by Gasteiger charge is -2.43. The van der Waals surface area contributed by atoms with E-state index in [-0.39, 0.29) is 10.5 Å². The Morgan fingerprint density at radius 3 is 2.15 bits per heavy atom. The predicted molar refractivity (Wildman–Crippen MR) is 86.4 cm³/mol. The molecule has 0 heterocycles. The highest BCUT2D eigenvalue weighted by molar-refractivity contribution is 6.74. The molecule has 20 heavy (non-hydrogen) atoms. The van der Waals surface area contributed by atoms with Gasteiger partial charge in [-0.15, -0.1) is 0 Å². The Balaban J connectivity index is 1.94. The molecule has 0 saturated heterocycles. The number of Topliss-reactive ketones (excluding diaryl/α,β-unsaturated/α-hetero) is 1. The van der Waals surface area contributed by atoms with Crippen molar-refractivity contribution in [1.82, 2.24) is 0 Å². The van der Waals surface area contributed by atoms with Gasteiger partial charge in [-0.2, -0.15) is 0 Å². The minimum absolute atomic E-state index is 0.0344. The number of hydrogen-bond donors (Lipinski definition) is 0. The van der Waals surface area contributed by atoms with E-state index in [2.05, 4.69) is 40.8 Å². The Bertz CT molecular complexity index is 373. The second kappa shape index (κ2) is 5.24. The first-order valence-electron chi connectivity index (χ1n) is 8.27. The van der Waals surface area contributed by atoms with Gasteiger partial charge in [0, 0.05) is 17.9 Å². The summed E-state index contributed by atoms with van der Waals surface area (Å²) in [5.74, 6) is 1.14. The van der Waals surface area contributed by atoms with Gasteiger partial charge in [-0.3, -0.25) is 4.79 Å². The lowest BCUT2D eigenvalue weighted by molar-refractivity contribution is -0.128. The quantitative estimate of drug-likeness (QED) is 0.675. The van der Waals surface area contributed by atoms with Gasteiger partial charge in [0.25, 0.3) is 0 Å². The molecule has 0 bridgehead atoms. The van der Waals surface area contributed by atoms with Gasteiger partial charge in [0.15, 0.2) is 8.32 Å². The molecule has 3 heteroatoms. The number of ketones is 1. The molecule has 1 spiro atoms. The molecule has 1 unspecified atom stereocenters. The molecule has 0 radical (unpaired) electrons. The summed E-state index contributed by atoms with van der Waals surface area (Å²) in [5, 5.41) is 0.278. The third-order valence-corrected chi connectivity index (χ3v) is 10.6. The first-order chi connectivity index (χ1) is 9.06. The molecule has 0 aromatic carbocycles. The average molecular weight is 297 g/mol. The summed E-state index contributed by atoms with van der Waals surface area (Å²) in [4.78, 5) is 12.3. The topological polar surface area (TPSA) is 26.3 Å². The number of carbonyl (C=O) groups excluding carboxylic acids is 1. The molecule has 2 nitrogen and oxygen atoms in total. The second-order valence-electron chi connectivity index (χ2n) is 8.79. The first kappa shape index (κ1) is 16.2. The van der Waals surface area contributed by atoms with Crippen LogP contribution in [0.2, 0.25) is 18.1 Å². The van der Waals surface area contributed by atoms with E-state index in [0.29, 0.717) is 17.8 Å². The fraction of sp³-hybridized carbons (Fsp3) is 0.941. The molecule has 1 atom stereocenters. The number of rotatable bonds is 2. The fourth-order valence-corrected chi connectivity index (χ4v) is 5.15. The van der Waals surface area contributed by atoms with Crippen LogP contribution in [-0.4, -0.2) is 20.2 Å². The van der Waals surface area contributed by atoms with Crippen molar-refractivity contribution in [1.29, 1.82) is 0 Å². The molecule has 2 saturated carbocycles. The summed E-state index contributed by atoms with van der Waals surface area (Å²) in [6.07, 6.45) is 6.64. The van der Waals surface area contributed by atoms with E-state index in [9.17, 15) is 4.79 Å². The van der Waals surface area contributed by atoms with Crippen LogP contribution in [0.3, 0.4) is 0 Å². The minimum Gasteiger partial charge on any atom is -0.414 e. The van der Waals surface area contributed by atoms with Crippen molar-refractivity contribution >= 4 is 14.1 Å². The molecule has 2 rings (SSSR count). The molecule has 0 aliphatic heterocycles. The van der Waals surface area contributed by atoms with E-state index in [1.54, 1.807) is 0 Å². The van der Waals surface area contributed by atoms with Gasteiger partial charge in [0.05, 0.1) is 0 Å². The summed E-state index contributed by atoms with van der Waals surface area (Å²) in [5.41, 5.74) is 0.0344. The van der Waals surface area contributed by atoms with Gasteiger partial charge in [0.1, 0.15) is 5.78 Å². The van der Waals surface area contributed by atoms with Crippen LogP contribution in [0.5, 0.6) is 0 Å². The zero-order valence-electron chi connectivity index (χ0n) is 14.2. The van der Waals surface area contributed by atoms with Crippen LogP contribution in [-0.2, 0) is 9.22 Å². The lowest BCUT2D eigenvalue weighted by Crippen LogP contribution is -2.46. The van der Waals surface area contributed by atoms with Crippen molar-refractivity contribution < 1.29 is 9.22 Å². The van der Waals surface area contributed by atoms with Crippen LogP contribution in [0.25, 0.3) is 0 Å². The minimum atomic E-state index is -1.66. The average Bonchev–Trinajstić information content (AvgIpc) is 2.55. The number of hydrogen-bond acceptors (Lipinski definition) is 2. The van der Waals surface area contributed by atoms with Gasteiger partial charge in [-0.25, -0.2) is 0 Å². The normalized spacial score (nSPS) is 35.8. The van der Waals surface area contributed by atoms with Gasteiger partial charge < -0.3 is 4.43 Å². The zero-order valence-corrected chi connectivity index (χ0v) is 15.2. The maximum absolute atomic E-state index is 12.3. The molecule has 0 amide bonds. The first-order valence-corrected chi connectivity index (χ1v) is 11.2. The molecule has 2 aliphatic rings. The van der Waals surface area contributed by atoms with E-state index in [1.807, 2.05) is 0 Å². The third-order valence-electron chi connectivity index (χ3n) is 6.02. The van der Waals surface area contributed by atoms with Crippen LogP contribution >= 0.6 is 0 Å². The summed E-state index contributed by atoms with van der Waals surface area (Å²) in [7, 11) is -1.66. The highest BCUT2D eigenvalue weighted by atomic mass is 28.4. The SMILES string of the molecule is CC1CC(=O)C2(CCC(O[Si](C)(C)C(C)(C)C)CC2)C1. The van der Waals surface area contributed by atoms with Crippen LogP contribution in [0, 0.1) is 11.3 Å². The Labute approximate surface area is 125 Å². The van der Waals surface area contributed by atoms with Crippen LogP contribution < -0.4 is 0 Å². The summed E-state index contributed by atoms with van der Waals surface area (Å²) >= 11 is 0. The third kappa shape index (κ3) is 3.04. The van der Waals surface area contributed by atoms with Gasteiger partial charge in [-0.05, 0) is 56.2 Å². The molecular weight excluding hydrogens is 264 g/mol. The van der Waals surface area contributed by atoms with Crippen molar-refractivity contribution in [3.63, 3.8) is 0 Å². The maximum Gasteiger partial charge on any atom is 0.192 e. The Kier molecular flexibility index (Phi) is 4.25. The van der Waals surface area contributed by atoms with Crippen LogP contribution in [0.1, 0.15) is 66.2 Å². The molecule has 2 fully saturated rings. The molecule has 0 N–H and O–H groups in total. The van der Waals surface area contributed by atoms with E-state index in [0.717, 1.165) is 38.5 Å². The largest absolute Gasteiger partial charge is 0.414 e. The fourth-order valence-electron chi connectivity index (χ4n) is 3.72. The maximum atomic E-state index is 12.3. The summed E-state index contributed by atoms with van der Waals surface area (Å²) in [6, 6.07) is 0. The zero-order chi connectivity index (χ0) is 15.2. The molecule has 116 valence electrons. The van der Waals surface area contributed by atoms with Crippen molar-refractivity contribution in [3.05, 3.63) is 0 Å². The molecular formula is C17H32O2Si. The monoisotopic (exact) mass is 296 g/mol. The van der Waals surface area contributed by atoms with E-state index < -0.39 is 8.32 Å². The summed E-state index contributed by atoms with van der Waals surface area (Å²) in [6.45, 7) is 13.8. The van der Waals surface area contributed by atoms with E-state index in [1.165, 1.54) is 0 Å². The molecule has 0 aromatic heterocycles. The van der Waals surface area contributed by atoms with E-state index in [4.69, 9.17) is 4.43 Å². The van der Waals surface area contributed by atoms with Crippen molar-refractivity contribution in [2.75, 3.05) is 0 Å². The Morgan fingerprint density at radius 2 is 1.75 bits per heavy atom. The number of carbonyl (C=O) groups is 1. The van der Waals surface area contributed by atoms with Gasteiger partial charge in [0.2, 0.25) is 0 Å². The lowest BCUT2D eigenvalue weighted by atomic mass is 9.71.